The molecule has 2 rings (SSSR count). The summed E-state index contributed by atoms with van der Waals surface area (Å²) in [4.78, 5) is 14.6. The minimum atomic E-state index is -0.812. The van der Waals surface area contributed by atoms with E-state index in [1.165, 1.54) is 0 Å². The van der Waals surface area contributed by atoms with Crippen LogP contribution in [0.3, 0.4) is 0 Å². The predicted molar refractivity (Wildman–Crippen MR) is 109 cm³/mol. The standard InChI is InChI=1S/C21H39N3O3/c1-2-3-4-11-19(25)21(27)18-10-7-9-17-16-20(26)23-14-6-5-12-22-13-8-15-24(17)18/h7,10,17-19,21-22,25,27H,2-6,8-9,11-16H2,1H3,(H,23,26)/t17?,18-,19+,21-/m0/s1. The molecule has 0 saturated carbocycles. The van der Waals surface area contributed by atoms with Gasteiger partial charge in [0.1, 0.15) is 0 Å². The Labute approximate surface area is 164 Å². The lowest BCUT2D eigenvalue weighted by Crippen LogP contribution is -2.54. The third kappa shape index (κ3) is 7.53. The first-order chi connectivity index (χ1) is 13.1. The van der Waals surface area contributed by atoms with Crippen LogP contribution >= 0.6 is 0 Å². The molecule has 1 unspecified atom stereocenters. The molecule has 1 amide bonds. The van der Waals surface area contributed by atoms with E-state index in [1.807, 2.05) is 6.08 Å². The summed E-state index contributed by atoms with van der Waals surface area (Å²) in [5, 5.41) is 27.8. The first-order valence-electron chi connectivity index (χ1n) is 10.9. The number of fused-ring (bicyclic) bond motifs is 1. The Morgan fingerprint density at radius 2 is 1.96 bits per heavy atom. The van der Waals surface area contributed by atoms with Crippen LogP contribution in [0.4, 0.5) is 0 Å². The van der Waals surface area contributed by atoms with E-state index in [0.717, 1.165) is 71.1 Å². The van der Waals surface area contributed by atoms with Crippen LogP contribution < -0.4 is 10.6 Å². The second-order valence-electron chi connectivity index (χ2n) is 7.96. The molecule has 6 heteroatoms. The second kappa shape index (κ2) is 12.5. The third-order valence-corrected chi connectivity index (χ3v) is 5.73. The fourth-order valence-corrected chi connectivity index (χ4v) is 4.11. The second-order valence-corrected chi connectivity index (χ2v) is 7.96. The zero-order valence-corrected chi connectivity index (χ0v) is 16.9. The first-order valence-corrected chi connectivity index (χ1v) is 10.9. The van der Waals surface area contributed by atoms with Gasteiger partial charge >= 0.3 is 0 Å². The molecule has 2 heterocycles. The Morgan fingerprint density at radius 1 is 1.19 bits per heavy atom. The van der Waals surface area contributed by atoms with Crippen molar-refractivity contribution in [3.63, 3.8) is 0 Å². The molecule has 4 N–H and O–H groups in total. The number of aliphatic hydroxyl groups excluding tert-OH is 2. The number of amides is 1. The minimum Gasteiger partial charge on any atom is -0.390 e. The Balaban J connectivity index is 2.04. The lowest BCUT2D eigenvalue weighted by Gasteiger charge is -2.42. The van der Waals surface area contributed by atoms with Gasteiger partial charge in [-0.25, -0.2) is 0 Å². The van der Waals surface area contributed by atoms with Crippen LogP contribution in [0.2, 0.25) is 0 Å². The maximum Gasteiger partial charge on any atom is 0.221 e. The van der Waals surface area contributed by atoms with Gasteiger partial charge in [-0.3, -0.25) is 9.69 Å². The molecule has 4 atom stereocenters. The Bertz CT molecular complexity index is 458. The van der Waals surface area contributed by atoms with Crippen molar-refractivity contribution >= 4 is 5.91 Å². The van der Waals surface area contributed by atoms with E-state index < -0.39 is 12.2 Å². The lowest BCUT2D eigenvalue weighted by atomic mass is 9.92. The highest BCUT2D eigenvalue weighted by molar-refractivity contribution is 5.76. The van der Waals surface area contributed by atoms with E-state index in [0.29, 0.717) is 12.8 Å². The molecule has 0 radical (unpaired) electrons. The first kappa shape index (κ1) is 22.3. The van der Waals surface area contributed by atoms with Gasteiger partial charge in [-0.05, 0) is 45.2 Å². The highest BCUT2D eigenvalue weighted by atomic mass is 16.3. The van der Waals surface area contributed by atoms with Crippen molar-refractivity contribution in [2.45, 2.75) is 89.0 Å². The molecule has 0 aromatic carbocycles. The summed E-state index contributed by atoms with van der Waals surface area (Å²) in [6.45, 7) is 5.59. The largest absolute Gasteiger partial charge is 0.390 e. The summed E-state index contributed by atoms with van der Waals surface area (Å²) in [6, 6.07) is -0.142. The molecule has 156 valence electrons. The van der Waals surface area contributed by atoms with Crippen LogP contribution in [0.15, 0.2) is 12.2 Å². The zero-order valence-electron chi connectivity index (χ0n) is 16.9. The summed E-state index contributed by atoms with van der Waals surface area (Å²) in [6.07, 6.45) is 10.6. The van der Waals surface area contributed by atoms with E-state index in [1.54, 1.807) is 0 Å². The molecular weight excluding hydrogens is 342 g/mol. The van der Waals surface area contributed by atoms with E-state index in [-0.39, 0.29) is 18.0 Å². The smallest absolute Gasteiger partial charge is 0.221 e. The predicted octanol–water partition coefficient (Wildman–Crippen LogP) is 1.57. The number of unbranched alkanes of at least 4 members (excludes halogenated alkanes) is 2. The van der Waals surface area contributed by atoms with E-state index in [9.17, 15) is 15.0 Å². The van der Waals surface area contributed by atoms with Gasteiger partial charge in [-0.2, -0.15) is 0 Å². The fourth-order valence-electron chi connectivity index (χ4n) is 4.11. The molecule has 2 aliphatic heterocycles. The van der Waals surface area contributed by atoms with E-state index in [2.05, 4.69) is 28.5 Å². The van der Waals surface area contributed by atoms with Gasteiger partial charge < -0.3 is 20.8 Å². The number of nitrogens with zero attached hydrogens (tertiary/aromatic N) is 1. The molecule has 0 aromatic heterocycles. The summed E-state index contributed by atoms with van der Waals surface area (Å²) in [5.41, 5.74) is 0. The van der Waals surface area contributed by atoms with Crippen LogP contribution in [-0.2, 0) is 4.79 Å². The van der Waals surface area contributed by atoms with Gasteiger partial charge in [0.2, 0.25) is 5.91 Å². The van der Waals surface area contributed by atoms with Crippen LogP contribution in [-0.4, -0.2) is 71.5 Å². The average molecular weight is 382 g/mol. The van der Waals surface area contributed by atoms with Gasteiger partial charge in [0.25, 0.3) is 0 Å². The van der Waals surface area contributed by atoms with Gasteiger partial charge in [0, 0.05) is 25.6 Å². The molecule has 6 nitrogen and oxygen atoms in total. The molecule has 0 bridgehead atoms. The number of hydrogen-bond donors (Lipinski definition) is 4. The van der Waals surface area contributed by atoms with E-state index in [4.69, 9.17) is 0 Å². The summed E-state index contributed by atoms with van der Waals surface area (Å²) in [7, 11) is 0. The lowest BCUT2D eigenvalue weighted by molar-refractivity contribution is -0.123. The number of carbonyl (C=O) groups excluding carboxylic acids is 1. The Kier molecular flexibility index (Phi) is 10.3. The van der Waals surface area contributed by atoms with Crippen LogP contribution in [0.1, 0.15) is 64.7 Å². The number of carbonyl (C=O) groups is 1. The molecule has 2 aliphatic rings. The Hall–Kier alpha value is -0.950. The molecular formula is C21H39N3O3. The van der Waals surface area contributed by atoms with Gasteiger partial charge in [-0.15, -0.1) is 0 Å². The third-order valence-electron chi connectivity index (χ3n) is 5.73. The van der Waals surface area contributed by atoms with Crippen molar-refractivity contribution in [3.05, 3.63) is 12.2 Å². The molecule has 1 saturated heterocycles. The molecule has 0 spiro atoms. The van der Waals surface area contributed by atoms with Crippen LogP contribution in [0, 0.1) is 0 Å². The normalized spacial score (nSPS) is 28.2. The van der Waals surface area contributed by atoms with Gasteiger partial charge in [0.15, 0.2) is 0 Å². The number of rotatable bonds is 6. The summed E-state index contributed by atoms with van der Waals surface area (Å²) in [5.74, 6) is 0.0873. The highest BCUT2D eigenvalue weighted by Crippen LogP contribution is 2.25. The van der Waals surface area contributed by atoms with Crippen molar-refractivity contribution in [2.75, 3.05) is 26.2 Å². The molecule has 0 aliphatic carbocycles. The number of aliphatic hydroxyl groups is 2. The topological polar surface area (TPSA) is 84.8 Å². The maximum atomic E-state index is 12.3. The van der Waals surface area contributed by atoms with Crippen molar-refractivity contribution in [3.8, 4) is 0 Å². The molecule has 27 heavy (non-hydrogen) atoms. The van der Waals surface area contributed by atoms with Crippen molar-refractivity contribution in [1.82, 2.24) is 15.5 Å². The Morgan fingerprint density at radius 3 is 2.78 bits per heavy atom. The molecule has 0 aromatic rings. The van der Waals surface area contributed by atoms with Crippen LogP contribution in [0.5, 0.6) is 0 Å². The highest BCUT2D eigenvalue weighted by Gasteiger charge is 2.35. The average Bonchev–Trinajstić information content (AvgIpc) is 2.68. The van der Waals surface area contributed by atoms with E-state index >= 15 is 0 Å². The number of hydrogen-bond acceptors (Lipinski definition) is 5. The maximum absolute atomic E-state index is 12.3. The minimum absolute atomic E-state index is 0.0817. The SMILES string of the molecule is CCCCC[C@@H](O)[C@@H](O)[C@@H]1C=CCC2CC(=O)NCCCCNCCCN21. The van der Waals surface area contributed by atoms with Gasteiger partial charge in [0.05, 0.1) is 18.2 Å². The van der Waals surface area contributed by atoms with Crippen molar-refractivity contribution < 1.29 is 15.0 Å². The van der Waals surface area contributed by atoms with Crippen molar-refractivity contribution in [1.29, 1.82) is 0 Å². The van der Waals surface area contributed by atoms with Crippen molar-refractivity contribution in [2.24, 2.45) is 0 Å². The quantitative estimate of drug-likeness (QED) is 0.415. The van der Waals surface area contributed by atoms with Crippen LogP contribution in [0.25, 0.3) is 0 Å². The summed E-state index contributed by atoms with van der Waals surface area (Å²) < 4.78 is 0. The monoisotopic (exact) mass is 381 g/mol. The molecule has 1 fully saturated rings. The summed E-state index contributed by atoms with van der Waals surface area (Å²) >= 11 is 0. The fraction of sp³-hybridized carbons (Fsp3) is 0.857. The number of nitrogens with one attached hydrogen (secondary N) is 2. The zero-order chi connectivity index (χ0) is 19.5. The van der Waals surface area contributed by atoms with Gasteiger partial charge in [-0.1, -0.05) is 38.3 Å².